The minimum Gasteiger partial charge on any atom is -0.388 e. The van der Waals surface area contributed by atoms with E-state index in [1.165, 1.54) is 0 Å². The molecule has 1 aliphatic rings. The fourth-order valence-corrected chi connectivity index (χ4v) is 4.14. The van der Waals surface area contributed by atoms with Crippen LogP contribution >= 0.6 is 31.9 Å². The number of halogens is 2. The first-order valence-electron chi connectivity index (χ1n) is 8.92. The van der Waals surface area contributed by atoms with Gasteiger partial charge in [0, 0.05) is 45.6 Å². The number of carbonyl (C=O) groups is 1. The second-order valence-corrected chi connectivity index (χ2v) is 8.20. The van der Waals surface area contributed by atoms with Crippen LogP contribution in [0.3, 0.4) is 0 Å². The zero-order valence-electron chi connectivity index (χ0n) is 15.4. The molecule has 0 bridgehead atoms. The molecule has 2 N–H and O–H groups in total. The van der Waals surface area contributed by atoms with Crippen LogP contribution < -0.4 is 10.6 Å². The van der Waals surface area contributed by atoms with E-state index < -0.39 is 0 Å². The highest BCUT2D eigenvalue weighted by Crippen LogP contribution is 2.32. The molecule has 1 fully saturated rings. The van der Waals surface area contributed by atoms with Crippen LogP contribution in [0.25, 0.3) is 12.2 Å². The lowest BCUT2D eigenvalue weighted by atomic mass is 9.87. The smallest absolute Gasteiger partial charge is 0.185 e. The molecule has 3 rings (SSSR count). The van der Waals surface area contributed by atoms with Gasteiger partial charge in [0.05, 0.1) is 0 Å². The van der Waals surface area contributed by atoms with Crippen molar-refractivity contribution in [1.29, 1.82) is 0 Å². The van der Waals surface area contributed by atoms with E-state index in [1.807, 2.05) is 62.6 Å². The first kappa shape index (κ1) is 19.9. The average Bonchev–Trinajstić information content (AvgIpc) is 2.67. The Hall–Kier alpha value is -1.85. The highest BCUT2D eigenvalue weighted by atomic mass is 79.9. The van der Waals surface area contributed by atoms with Gasteiger partial charge in [-0.3, -0.25) is 4.79 Å². The fraction of sp³-hybridized carbons (Fsp3) is 0.227. The van der Waals surface area contributed by atoms with Crippen molar-refractivity contribution in [2.24, 2.45) is 0 Å². The van der Waals surface area contributed by atoms with Gasteiger partial charge in [0.25, 0.3) is 0 Å². The Morgan fingerprint density at radius 3 is 1.63 bits per heavy atom. The number of ketones is 1. The third-order valence-corrected chi connectivity index (χ3v) is 6.09. The third kappa shape index (κ3) is 4.71. The summed E-state index contributed by atoms with van der Waals surface area (Å²) in [6.07, 6.45) is 6.64. The summed E-state index contributed by atoms with van der Waals surface area (Å²) in [5, 5.41) is 6.24. The summed E-state index contributed by atoms with van der Waals surface area (Å²) in [5.74, 6) is 0.149. The van der Waals surface area contributed by atoms with E-state index in [4.69, 9.17) is 0 Å². The average molecular weight is 490 g/mol. The number of anilines is 2. The molecule has 0 amide bonds. The number of hydrogen-bond acceptors (Lipinski definition) is 3. The summed E-state index contributed by atoms with van der Waals surface area (Å²) in [6, 6.07) is 12.1. The van der Waals surface area contributed by atoms with E-state index in [2.05, 4.69) is 42.5 Å². The van der Waals surface area contributed by atoms with E-state index in [0.29, 0.717) is 0 Å². The molecule has 0 atom stereocenters. The van der Waals surface area contributed by atoms with Crippen LogP contribution in [0.4, 0.5) is 11.4 Å². The molecule has 0 radical (unpaired) electrons. The summed E-state index contributed by atoms with van der Waals surface area (Å²) < 4.78 is 1.97. The second kappa shape index (κ2) is 8.89. The molecule has 0 aromatic heterocycles. The Bertz CT molecular complexity index is 858. The molecule has 5 heteroatoms. The zero-order valence-corrected chi connectivity index (χ0v) is 18.6. The molecule has 0 heterocycles. The molecule has 2 aromatic rings. The Kier molecular flexibility index (Phi) is 6.55. The van der Waals surface area contributed by atoms with Gasteiger partial charge in [0.1, 0.15) is 0 Å². The fourth-order valence-electron chi connectivity index (χ4n) is 3.15. The Morgan fingerprint density at radius 1 is 0.815 bits per heavy atom. The number of Topliss-reactive ketones (excluding diaryl/α,β-unsaturated/α-hetero) is 1. The molecule has 2 aromatic carbocycles. The predicted octanol–water partition coefficient (Wildman–Crippen LogP) is 6.52. The molecule has 140 valence electrons. The highest BCUT2D eigenvalue weighted by Gasteiger charge is 2.21. The van der Waals surface area contributed by atoms with Crippen molar-refractivity contribution in [3.63, 3.8) is 0 Å². The lowest BCUT2D eigenvalue weighted by Gasteiger charge is -2.17. The van der Waals surface area contributed by atoms with E-state index in [9.17, 15) is 4.79 Å². The van der Waals surface area contributed by atoms with Crippen molar-refractivity contribution in [3.8, 4) is 0 Å². The molecule has 27 heavy (non-hydrogen) atoms. The lowest BCUT2D eigenvalue weighted by Crippen LogP contribution is -2.12. The first-order chi connectivity index (χ1) is 13.0. The van der Waals surface area contributed by atoms with Crippen molar-refractivity contribution < 1.29 is 4.79 Å². The van der Waals surface area contributed by atoms with Gasteiger partial charge in [-0.15, -0.1) is 0 Å². The SMILES string of the molecule is CNc1ccc(C=C2CCCC(=Cc3ccc(NC)cc3Br)C2=O)c(Br)c1. The first-order valence-corrected chi connectivity index (χ1v) is 10.5. The molecule has 3 nitrogen and oxygen atoms in total. The van der Waals surface area contributed by atoms with Gasteiger partial charge in [-0.25, -0.2) is 0 Å². The highest BCUT2D eigenvalue weighted by molar-refractivity contribution is 9.10. The summed E-state index contributed by atoms with van der Waals surface area (Å²) in [7, 11) is 3.78. The van der Waals surface area contributed by atoms with E-state index in [1.54, 1.807) is 0 Å². The van der Waals surface area contributed by atoms with Gasteiger partial charge in [0.2, 0.25) is 0 Å². The number of hydrogen-bond donors (Lipinski definition) is 2. The number of nitrogens with one attached hydrogen (secondary N) is 2. The van der Waals surface area contributed by atoms with Gasteiger partial charge < -0.3 is 10.6 Å². The van der Waals surface area contributed by atoms with Crippen molar-refractivity contribution >= 4 is 61.2 Å². The van der Waals surface area contributed by atoms with Crippen molar-refractivity contribution in [1.82, 2.24) is 0 Å². The van der Waals surface area contributed by atoms with E-state index in [0.717, 1.165) is 61.9 Å². The quantitative estimate of drug-likeness (QED) is 0.480. The Morgan fingerprint density at radius 2 is 1.26 bits per heavy atom. The van der Waals surface area contributed by atoms with Crippen LogP contribution in [-0.2, 0) is 4.79 Å². The van der Waals surface area contributed by atoms with Crippen molar-refractivity contribution in [2.75, 3.05) is 24.7 Å². The molecular weight excluding hydrogens is 468 g/mol. The monoisotopic (exact) mass is 488 g/mol. The summed E-state index contributed by atoms with van der Waals surface area (Å²) in [5.41, 5.74) is 5.86. The molecule has 1 aliphatic carbocycles. The molecule has 0 aliphatic heterocycles. The number of carbonyl (C=O) groups excluding carboxylic acids is 1. The summed E-state index contributed by atoms with van der Waals surface area (Å²) in [4.78, 5) is 13.0. The molecule has 0 saturated heterocycles. The van der Waals surface area contributed by atoms with Gasteiger partial charge >= 0.3 is 0 Å². The standard InChI is InChI=1S/C22H22Br2N2O/c1-25-18-8-6-14(20(23)12-18)10-16-4-3-5-17(22(16)27)11-15-7-9-19(26-2)13-21(15)24/h6-13,25-26H,3-5H2,1-2H3. The number of rotatable bonds is 4. The maximum atomic E-state index is 13.0. The third-order valence-electron chi connectivity index (χ3n) is 4.71. The largest absolute Gasteiger partial charge is 0.388 e. The minimum absolute atomic E-state index is 0.149. The lowest BCUT2D eigenvalue weighted by molar-refractivity contribution is -0.112. The van der Waals surface area contributed by atoms with Gasteiger partial charge in [-0.2, -0.15) is 0 Å². The Balaban J connectivity index is 1.90. The maximum absolute atomic E-state index is 13.0. The number of allylic oxidation sites excluding steroid dienone is 2. The predicted molar refractivity (Wildman–Crippen MR) is 122 cm³/mol. The second-order valence-electron chi connectivity index (χ2n) is 6.49. The van der Waals surface area contributed by atoms with Gasteiger partial charge in [-0.1, -0.05) is 44.0 Å². The summed E-state index contributed by atoms with van der Waals surface area (Å²) in [6.45, 7) is 0. The Labute approximate surface area is 177 Å². The van der Waals surface area contributed by atoms with Gasteiger partial charge in [-0.05, 0) is 66.8 Å². The van der Waals surface area contributed by atoms with Crippen LogP contribution in [-0.4, -0.2) is 19.9 Å². The van der Waals surface area contributed by atoms with Crippen LogP contribution in [0.15, 0.2) is 56.5 Å². The van der Waals surface area contributed by atoms with Crippen LogP contribution in [0.1, 0.15) is 30.4 Å². The molecule has 1 saturated carbocycles. The zero-order chi connectivity index (χ0) is 19.4. The van der Waals surface area contributed by atoms with Crippen LogP contribution in [0.2, 0.25) is 0 Å². The van der Waals surface area contributed by atoms with Crippen LogP contribution in [0, 0.1) is 0 Å². The van der Waals surface area contributed by atoms with E-state index in [-0.39, 0.29) is 5.78 Å². The molecular formula is C22H22Br2N2O. The molecule has 0 unspecified atom stereocenters. The normalized spacial score (nSPS) is 17.4. The number of benzene rings is 2. The minimum atomic E-state index is 0.149. The summed E-state index contributed by atoms with van der Waals surface area (Å²) >= 11 is 7.21. The topological polar surface area (TPSA) is 41.1 Å². The van der Waals surface area contributed by atoms with Gasteiger partial charge in [0.15, 0.2) is 5.78 Å². The van der Waals surface area contributed by atoms with Crippen molar-refractivity contribution in [3.05, 3.63) is 67.6 Å². The van der Waals surface area contributed by atoms with E-state index >= 15 is 0 Å². The molecule has 0 spiro atoms. The maximum Gasteiger partial charge on any atom is 0.185 e. The van der Waals surface area contributed by atoms with Crippen molar-refractivity contribution in [2.45, 2.75) is 19.3 Å². The van der Waals surface area contributed by atoms with Crippen LogP contribution in [0.5, 0.6) is 0 Å².